The summed E-state index contributed by atoms with van der Waals surface area (Å²) in [5.74, 6) is -2.04. The maximum atomic E-state index is 12.4. The topological polar surface area (TPSA) is 125 Å². The van der Waals surface area contributed by atoms with E-state index in [0.29, 0.717) is 62.7 Å². The molecule has 0 saturated carbocycles. The van der Waals surface area contributed by atoms with Crippen molar-refractivity contribution >= 4 is 11.7 Å². The lowest BCUT2D eigenvalue weighted by Gasteiger charge is -2.51. The molecule has 4 spiro atoms. The van der Waals surface area contributed by atoms with E-state index in [0.717, 1.165) is 76.3 Å². The van der Waals surface area contributed by atoms with Gasteiger partial charge in [0, 0.05) is 62.1 Å². The summed E-state index contributed by atoms with van der Waals surface area (Å²) < 4.78 is 41.4. The van der Waals surface area contributed by atoms with E-state index in [-0.39, 0.29) is 47.6 Å². The number of cyclic esters (lactones) is 1. The van der Waals surface area contributed by atoms with Crippen LogP contribution in [-0.4, -0.2) is 88.0 Å². The Labute approximate surface area is 328 Å². The quantitative estimate of drug-likeness (QED) is 0.207. The van der Waals surface area contributed by atoms with Crippen LogP contribution in [0, 0.1) is 35.0 Å². The normalized spacial score (nSPS) is 53.0. The average Bonchev–Trinajstić information content (AvgIpc) is 3.77. The van der Waals surface area contributed by atoms with Crippen LogP contribution >= 0.6 is 0 Å². The SMILES string of the molecule is C=C1CCCC2=NC[C@@H](C)[C@H](C)C[C@]23CCC([C@@H]2CCC(=O)O2)=C[C@H]3[C@H]2O[C@]3(C[C@H](C)C[C@@H]2O3)C[C@H]2O[C@@]3(CC[C@]4(O[C@H](CC[C@]4(C)O)C1)O3)C[C@@H](C)[C@H]2O. The number of fused-ring (bicyclic) bond motifs is 6. The Morgan fingerprint density at radius 3 is 2.45 bits per heavy atom. The number of nitrogens with zero attached hydrogens (tertiary/aromatic N) is 1. The largest absolute Gasteiger partial charge is 0.458 e. The van der Waals surface area contributed by atoms with Crippen LogP contribution in [0.2, 0.25) is 0 Å². The van der Waals surface area contributed by atoms with Gasteiger partial charge in [0.05, 0.1) is 30.5 Å². The second-order valence-corrected chi connectivity index (χ2v) is 20.2. The number of hydrogen-bond donors (Lipinski definition) is 2. The molecule has 8 heterocycles. The molecular weight excluding hydrogens is 698 g/mol. The van der Waals surface area contributed by atoms with Crippen LogP contribution in [-0.2, 0) is 33.2 Å². The molecule has 306 valence electrons. The van der Waals surface area contributed by atoms with Gasteiger partial charge in [0.25, 0.3) is 0 Å². The molecule has 0 aromatic heterocycles. The molecule has 55 heavy (non-hydrogen) atoms. The molecule has 0 unspecified atom stereocenters. The second kappa shape index (κ2) is 14.0. The minimum Gasteiger partial charge on any atom is -0.458 e. The first-order valence-electron chi connectivity index (χ1n) is 22.0. The fourth-order valence-electron chi connectivity index (χ4n) is 12.8. The molecule has 10 heteroatoms. The molecule has 0 aromatic carbocycles. The van der Waals surface area contributed by atoms with Gasteiger partial charge < -0.3 is 38.6 Å². The van der Waals surface area contributed by atoms with Crippen molar-refractivity contribution in [3.05, 3.63) is 23.8 Å². The monoisotopic (exact) mass is 765 g/mol. The first-order chi connectivity index (χ1) is 26.1. The highest BCUT2D eigenvalue weighted by molar-refractivity contribution is 5.91. The average molecular weight is 766 g/mol. The van der Waals surface area contributed by atoms with E-state index < -0.39 is 35.2 Å². The first-order valence-corrected chi connectivity index (χ1v) is 22.0. The summed E-state index contributed by atoms with van der Waals surface area (Å²) in [7, 11) is 0. The molecule has 10 nitrogen and oxygen atoms in total. The molecule has 1 aliphatic carbocycles. The molecule has 0 amide bonds. The van der Waals surface area contributed by atoms with E-state index in [1.165, 1.54) is 11.3 Å². The van der Waals surface area contributed by atoms with Crippen LogP contribution in [0.25, 0.3) is 0 Å². The number of carbonyl (C=O) groups is 1. The molecule has 0 aromatic rings. The second-order valence-electron chi connectivity index (χ2n) is 20.2. The molecule has 7 saturated heterocycles. The molecule has 8 aliphatic heterocycles. The zero-order valence-electron chi connectivity index (χ0n) is 34.1. The smallest absolute Gasteiger partial charge is 0.306 e. The zero-order valence-corrected chi connectivity index (χ0v) is 34.1. The zero-order chi connectivity index (χ0) is 38.5. The first kappa shape index (κ1) is 38.8. The van der Waals surface area contributed by atoms with E-state index in [9.17, 15) is 15.0 Å². The van der Waals surface area contributed by atoms with Crippen LogP contribution in [0.4, 0.5) is 0 Å². The molecule has 7 bridgehead atoms. The molecule has 0 radical (unpaired) electrons. The fraction of sp³-hybridized carbons (Fsp3) is 0.867. The Bertz CT molecular complexity index is 1590. The van der Waals surface area contributed by atoms with E-state index in [1.54, 1.807) is 0 Å². The van der Waals surface area contributed by atoms with Crippen molar-refractivity contribution in [2.24, 2.45) is 40.0 Å². The minimum atomic E-state index is -1.19. The molecule has 9 aliphatic rings. The molecule has 16 atom stereocenters. The third-order valence-corrected chi connectivity index (χ3v) is 16.0. The van der Waals surface area contributed by atoms with Gasteiger partial charge >= 0.3 is 5.97 Å². The maximum Gasteiger partial charge on any atom is 0.306 e. The van der Waals surface area contributed by atoms with Crippen LogP contribution in [0.1, 0.15) is 144 Å². The summed E-state index contributed by atoms with van der Waals surface area (Å²) in [6.07, 6.45) is 12.9. The molecule has 7 fully saturated rings. The lowest BCUT2D eigenvalue weighted by molar-refractivity contribution is -0.411. The fourth-order valence-corrected chi connectivity index (χ4v) is 12.8. The number of carbonyl (C=O) groups excluding carboxylic acids is 1. The Morgan fingerprint density at radius 1 is 0.836 bits per heavy atom. The number of rotatable bonds is 1. The standard InChI is InChI=1S/C45H67NO9/c1-26-8-7-9-37-42(22-28(3)30(5)25-46-37)15-12-31(34-10-11-38(47)50-34)20-33(42)40-35-19-27(2)21-44(52-35,54-40)24-36-39(48)29(4)23-43(53-36)16-17-45(55-43)41(6,49)14-13-32(18-26)51-45/h20,27-30,32-36,39-40,48-49H,1,7-19,21-25H2,2-6H3/t27-,28-,29-,30-,32-,33+,34+,35+,36-,39-,40-,41+,42+,43-,44-,45+/m1/s1. The van der Waals surface area contributed by atoms with Crippen LogP contribution < -0.4 is 0 Å². The van der Waals surface area contributed by atoms with Crippen LogP contribution in [0.15, 0.2) is 28.8 Å². The Kier molecular flexibility index (Phi) is 9.87. The van der Waals surface area contributed by atoms with Gasteiger partial charge in [0.15, 0.2) is 11.6 Å². The number of ether oxygens (including phenoxy) is 6. The van der Waals surface area contributed by atoms with Gasteiger partial charge in [-0.25, -0.2) is 0 Å². The third kappa shape index (κ3) is 6.73. The van der Waals surface area contributed by atoms with Crippen molar-refractivity contribution in [1.29, 1.82) is 0 Å². The number of hydrogen-bond acceptors (Lipinski definition) is 10. The summed E-state index contributed by atoms with van der Waals surface area (Å²) in [6.45, 7) is 16.4. The van der Waals surface area contributed by atoms with E-state index in [4.69, 9.17) is 33.4 Å². The van der Waals surface area contributed by atoms with Gasteiger partial charge in [-0.05, 0) is 107 Å². The lowest BCUT2D eigenvalue weighted by Crippen LogP contribution is -2.62. The van der Waals surface area contributed by atoms with Gasteiger partial charge in [-0.3, -0.25) is 9.79 Å². The van der Waals surface area contributed by atoms with Gasteiger partial charge in [-0.15, -0.1) is 0 Å². The number of esters is 1. The van der Waals surface area contributed by atoms with Crippen molar-refractivity contribution in [2.75, 3.05) is 6.54 Å². The molecule has 9 rings (SSSR count). The Morgan fingerprint density at radius 2 is 1.65 bits per heavy atom. The third-order valence-electron chi connectivity index (χ3n) is 16.0. The van der Waals surface area contributed by atoms with Crippen molar-refractivity contribution < 1.29 is 43.4 Å². The van der Waals surface area contributed by atoms with Gasteiger partial charge in [0.2, 0.25) is 5.79 Å². The van der Waals surface area contributed by atoms with Crippen LogP contribution in [0.5, 0.6) is 0 Å². The van der Waals surface area contributed by atoms with Crippen molar-refractivity contribution in [1.82, 2.24) is 0 Å². The number of aliphatic hydroxyl groups excluding tert-OH is 1. The van der Waals surface area contributed by atoms with E-state index in [2.05, 4.69) is 40.3 Å². The highest BCUT2D eigenvalue weighted by Crippen LogP contribution is 2.59. The maximum absolute atomic E-state index is 12.4. The molecular formula is C45H67NO9. The summed E-state index contributed by atoms with van der Waals surface area (Å²) in [5, 5.41) is 23.7. The number of aliphatic imine (C=N–C) groups is 1. The minimum absolute atomic E-state index is 0.000113. The predicted octanol–water partition coefficient (Wildman–Crippen LogP) is 7.48. The van der Waals surface area contributed by atoms with Crippen molar-refractivity contribution in [3.8, 4) is 0 Å². The van der Waals surface area contributed by atoms with Gasteiger partial charge in [0.1, 0.15) is 11.7 Å². The summed E-state index contributed by atoms with van der Waals surface area (Å²) >= 11 is 0. The lowest BCUT2D eigenvalue weighted by atomic mass is 9.57. The van der Waals surface area contributed by atoms with Crippen molar-refractivity contribution in [3.63, 3.8) is 0 Å². The summed E-state index contributed by atoms with van der Waals surface area (Å²) in [5.41, 5.74) is 2.29. The predicted molar refractivity (Wildman–Crippen MR) is 206 cm³/mol. The number of aliphatic hydroxyl groups is 2. The Hall–Kier alpha value is -1.66. The van der Waals surface area contributed by atoms with E-state index >= 15 is 0 Å². The highest BCUT2D eigenvalue weighted by Gasteiger charge is 2.66. The summed E-state index contributed by atoms with van der Waals surface area (Å²) in [4.78, 5) is 17.9. The van der Waals surface area contributed by atoms with E-state index in [1.807, 2.05) is 6.92 Å². The molecule has 2 N–H and O–H groups in total. The highest BCUT2D eigenvalue weighted by atomic mass is 16.8. The van der Waals surface area contributed by atoms with Gasteiger partial charge in [-0.1, -0.05) is 45.9 Å². The summed E-state index contributed by atoms with van der Waals surface area (Å²) in [6, 6.07) is 0. The van der Waals surface area contributed by atoms with Crippen LogP contribution in [0.3, 0.4) is 0 Å². The van der Waals surface area contributed by atoms with Crippen molar-refractivity contribution in [2.45, 2.75) is 203 Å². The Balaban J connectivity index is 1.13. The van der Waals surface area contributed by atoms with Gasteiger partial charge in [-0.2, -0.15) is 0 Å².